The molecule has 3 nitrogen and oxygen atoms in total. The van der Waals surface area contributed by atoms with E-state index < -0.39 is 0 Å². The van der Waals surface area contributed by atoms with Crippen LogP contribution >= 0.6 is 15.9 Å². The zero-order valence-corrected chi connectivity index (χ0v) is 12.6. The van der Waals surface area contributed by atoms with Crippen molar-refractivity contribution in [3.8, 4) is 0 Å². The highest BCUT2D eigenvalue weighted by Crippen LogP contribution is 2.34. The van der Waals surface area contributed by atoms with E-state index in [-0.39, 0.29) is 11.1 Å². The maximum absolute atomic E-state index is 6.02. The van der Waals surface area contributed by atoms with Crippen LogP contribution in [0.5, 0.6) is 0 Å². The fourth-order valence-corrected chi connectivity index (χ4v) is 3.08. The molecule has 3 N–H and O–H groups in total. The molecule has 1 aromatic carbocycles. The summed E-state index contributed by atoms with van der Waals surface area (Å²) in [7, 11) is 0. The molecule has 1 heterocycles. The zero-order chi connectivity index (χ0) is 13.2. The van der Waals surface area contributed by atoms with Crippen LogP contribution in [-0.2, 0) is 4.74 Å². The van der Waals surface area contributed by atoms with Crippen molar-refractivity contribution in [2.24, 2.45) is 5.73 Å². The van der Waals surface area contributed by atoms with Gasteiger partial charge in [-0.15, -0.1) is 0 Å². The molecule has 4 heteroatoms. The lowest BCUT2D eigenvalue weighted by molar-refractivity contribution is -0.0736. The van der Waals surface area contributed by atoms with E-state index in [2.05, 4.69) is 47.2 Å². The molecule has 0 amide bonds. The van der Waals surface area contributed by atoms with Gasteiger partial charge in [0.2, 0.25) is 0 Å². The lowest BCUT2D eigenvalue weighted by Crippen LogP contribution is -2.55. The molecule has 1 aliphatic rings. The Morgan fingerprint density at radius 3 is 2.83 bits per heavy atom. The second kappa shape index (κ2) is 5.19. The number of halogens is 1. The highest BCUT2D eigenvalue weighted by atomic mass is 79.9. The summed E-state index contributed by atoms with van der Waals surface area (Å²) in [4.78, 5) is 0. The van der Waals surface area contributed by atoms with Gasteiger partial charge in [0.15, 0.2) is 0 Å². The Kier molecular flexibility index (Phi) is 3.99. The molecular weight excluding hydrogens is 292 g/mol. The molecule has 0 spiro atoms. The van der Waals surface area contributed by atoms with Crippen molar-refractivity contribution < 1.29 is 4.74 Å². The highest BCUT2D eigenvalue weighted by molar-refractivity contribution is 9.10. The summed E-state index contributed by atoms with van der Waals surface area (Å²) in [5.41, 5.74) is 6.94. The van der Waals surface area contributed by atoms with E-state index in [1.807, 2.05) is 12.1 Å². The molecule has 1 saturated heterocycles. The fourth-order valence-electron chi connectivity index (χ4n) is 2.68. The predicted octanol–water partition coefficient (Wildman–Crippen LogP) is 3.15. The van der Waals surface area contributed by atoms with Crippen molar-refractivity contribution in [3.05, 3.63) is 28.7 Å². The Labute approximate surface area is 117 Å². The van der Waals surface area contributed by atoms with Gasteiger partial charge >= 0.3 is 0 Å². The molecule has 0 radical (unpaired) electrons. The fraction of sp³-hybridized carbons (Fsp3) is 0.571. The number of nitrogens with two attached hydrogens (primary N) is 1. The molecule has 2 rings (SSSR count). The maximum Gasteiger partial charge on any atom is 0.0649 e. The van der Waals surface area contributed by atoms with E-state index >= 15 is 0 Å². The van der Waals surface area contributed by atoms with Crippen molar-refractivity contribution in [3.63, 3.8) is 0 Å². The maximum atomic E-state index is 6.02. The molecular formula is C14H21BrN2O. The monoisotopic (exact) mass is 312 g/mol. The number of benzene rings is 1. The summed E-state index contributed by atoms with van der Waals surface area (Å²) >= 11 is 3.49. The van der Waals surface area contributed by atoms with Gasteiger partial charge in [-0.3, -0.25) is 0 Å². The van der Waals surface area contributed by atoms with Gasteiger partial charge in [-0.25, -0.2) is 0 Å². The van der Waals surface area contributed by atoms with Crippen LogP contribution in [-0.4, -0.2) is 24.3 Å². The second-order valence-electron chi connectivity index (χ2n) is 5.65. The third-order valence-electron chi connectivity index (χ3n) is 3.46. The average molecular weight is 313 g/mol. The van der Waals surface area contributed by atoms with Crippen LogP contribution in [0.2, 0.25) is 0 Å². The Bertz CT molecular complexity index is 422. The number of anilines is 1. The summed E-state index contributed by atoms with van der Waals surface area (Å²) in [6.07, 6.45) is 1.86. The van der Waals surface area contributed by atoms with Crippen molar-refractivity contribution >= 4 is 21.6 Å². The topological polar surface area (TPSA) is 47.3 Å². The largest absolute Gasteiger partial charge is 0.378 e. The number of hydrogen-bond donors (Lipinski definition) is 2. The molecule has 18 heavy (non-hydrogen) atoms. The van der Waals surface area contributed by atoms with Gasteiger partial charge < -0.3 is 15.8 Å². The van der Waals surface area contributed by atoms with Crippen molar-refractivity contribution in [1.29, 1.82) is 0 Å². The average Bonchev–Trinajstić information content (AvgIpc) is 2.27. The van der Waals surface area contributed by atoms with Crippen LogP contribution in [0, 0.1) is 0 Å². The molecule has 0 aliphatic carbocycles. The van der Waals surface area contributed by atoms with Gasteiger partial charge in [0, 0.05) is 29.7 Å². The van der Waals surface area contributed by atoms with Gasteiger partial charge in [-0.2, -0.15) is 0 Å². The van der Waals surface area contributed by atoms with Crippen LogP contribution in [0.1, 0.15) is 26.7 Å². The van der Waals surface area contributed by atoms with Gasteiger partial charge in [-0.1, -0.05) is 22.0 Å². The third-order valence-corrected chi connectivity index (χ3v) is 3.96. The number of rotatable bonds is 3. The van der Waals surface area contributed by atoms with E-state index in [1.165, 1.54) is 0 Å². The molecule has 0 saturated carbocycles. The van der Waals surface area contributed by atoms with Crippen molar-refractivity contribution in [2.45, 2.75) is 37.8 Å². The van der Waals surface area contributed by atoms with Crippen molar-refractivity contribution in [1.82, 2.24) is 0 Å². The predicted molar refractivity (Wildman–Crippen MR) is 78.8 cm³/mol. The van der Waals surface area contributed by atoms with E-state index in [1.54, 1.807) is 0 Å². The van der Waals surface area contributed by atoms with Crippen LogP contribution < -0.4 is 11.1 Å². The van der Waals surface area contributed by atoms with E-state index in [0.29, 0.717) is 6.54 Å². The SMILES string of the molecule is CC1(C)CC(CN)(Nc2cccc(Br)c2)CCO1. The second-order valence-corrected chi connectivity index (χ2v) is 6.57. The Hall–Kier alpha value is -0.580. The van der Waals surface area contributed by atoms with E-state index in [0.717, 1.165) is 29.6 Å². The van der Waals surface area contributed by atoms with Gasteiger partial charge in [0.05, 0.1) is 11.1 Å². The standard InChI is InChI=1S/C14H21BrN2O/c1-13(2)9-14(10-16,6-7-18-13)17-12-5-3-4-11(15)8-12/h3-5,8,17H,6-7,9-10,16H2,1-2H3. The molecule has 1 aliphatic heterocycles. The molecule has 1 unspecified atom stereocenters. The first-order valence-corrected chi connectivity index (χ1v) is 7.12. The van der Waals surface area contributed by atoms with Crippen LogP contribution in [0.15, 0.2) is 28.7 Å². The molecule has 1 aromatic rings. The number of nitrogens with one attached hydrogen (secondary N) is 1. The molecule has 0 aromatic heterocycles. The molecule has 1 fully saturated rings. The number of ether oxygens (including phenoxy) is 1. The first kappa shape index (κ1) is 13.8. The van der Waals surface area contributed by atoms with E-state index in [4.69, 9.17) is 10.5 Å². The summed E-state index contributed by atoms with van der Waals surface area (Å²) in [6.45, 7) is 5.62. The molecule has 1 atom stereocenters. The Morgan fingerprint density at radius 1 is 1.44 bits per heavy atom. The normalized spacial score (nSPS) is 26.9. The van der Waals surface area contributed by atoms with Crippen LogP contribution in [0.4, 0.5) is 5.69 Å². The van der Waals surface area contributed by atoms with Gasteiger partial charge in [0.25, 0.3) is 0 Å². The zero-order valence-electron chi connectivity index (χ0n) is 11.0. The molecule has 0 bridgehead atoms. The quantitative estimate of drug-likeness (QED) is 0.901. The van der Waals surface area contributed by atoms with Crippen LogP contribution in [0.25, 0.3) is 0 Å². The smallest absolute Gasteiger partial charge is 0.0649 e. The lowest BCUT2D eigenvalue weighted by Gasteiger charge is -2.45. The Balaban J connectivity index is 2.18. The minimum Gasteiger partial charge on any atom is -0.378 e. The minimum atomic E-state index is -0.114. The summed E-state index contributed by atoms with van der Waals surface area (Å²) in [5, 5.41) is 3.61. The Morgan fingerprint density at radius 2 is 2.22 bits per heavy atom. The van der Waals surface area contributed by atoms with Gasteiger partial charge in [0.1, 0.15) is 0 Å². The summed E-state index contributed by atoms with van der Waals surface area (Å²) < 4.78 is 6.85. The number of hydrogen-bond acceptors (Lipinski definition) is 3. The third kappa shape index (κ3) is 3.25. The van der Waals surface area contributed by atoms with Crippen LogP contribution in [0.3, 0.4) is 0 Å². The summed E-state index contributed by atoms with van der Waals surface area (Å²) in [5.74, 6) is 0. The van der Waals surface area contributed by atoms with Crippen molar-refractivity contribution in [2.75, 3.05) is 18.5 Å². The first-order valence-electron chi connectivity index (χ1n) is 6.33. The first-order chi connectivity index (χ1) is 8.45. The minimum absolute atomic E-state index is 0.0669. The summed E-state index contributed by atoms with van der Waals surface area (Å²) in [6, 6.07) is 8.21. The van der Waals surface area contributed by atoms with Gasteiger partial charge in [-0.05, 0) is 38.5 Å². The van der Waals surface area contributed by atoms with E-state index in [9.17, 15) is 0 Å². The highest BCUT2D eigenvalue weighted by Gasteiger charge is 2.39. The lowest BCUT2D eigenvalue weighted by atomic mass is 9.81. The molecule has 100 valence electrons.